The van der Waals surface area contributed by atoms with Crippen molar-refractivity contribution in [1.29, 1.82) is 0 Å². The van der Waals surface area contributed by atoms with Crippen molar-refractivity contribution >= 4 is 10.0 Å². The lowest BCUT2D eigenvalue weighted by atomic mass is 9.86. The van der Waals surface area contributed by atoms with E-state index in [4.69, 9.17) is 5.73 Å². The van der Waals surface area contributed by atoms with Crippen molar-refractivity contribution in [2.24, 2.45) is 11.7 Å². The summed E-state index contributed by atoms with van der Waals surface area (Å²) in [6.07, 6.45) is 3.99. The van der Waals surface area contributed by atoms with E-state index in [0.29, 0.717) is 11.5 Å². The van der Waals surface area contributed by atoms with Gasteiger partial charge in [0.25, 0.3) is 0 Å². The lowest BCUT2D eigenvalue weighted by molar-refractivity contribution is 0.213. The van der Waals surface area contributed by atoms with Gasteiger partial charge in [-0.05, 0) is 36.5 Å². The molecule has 2 atom stereocenters. The van der Waals surface area contributed by atoms with E-state index in [1.165, 1.54) is 16.4 Å². The Kier molecular flexibility index (Phi) is 5.01. The maximum Gasteiger partial charge on any atom is 0.245 e. The molecule has 1 fully saturated rings. The van der Waals surface area contributed by atoms with Crippen LogP contribution in [0.2, 0.25) is 0 Å². The Bertz CT molecular complexity index is 604. The zero-order valence-electron chi connectivity index (χ0n) is 12.5. The molecule has 0 spiro atoms. The molecule has 1 aliphatic rings. The largest absolute Gasteiger partial charge is 0.326 e. The second kappa shape index (κ2) is 6.42. The number of nitrogens with zero attached hydrogens (tertiary/aromatic N) is 1. The van der Waals surface area contributed by atoms with Crippen molar-refractivity contribution in [3.8, 4) is 0 Å². The average Bonchev–Trinajstić information content (AvgIpc) is 2.46. The molecule has 0 heterocycles. The lowest BCUT2D eigenvalue weighted by Gasteiger charge is -2.35. The van der Waals surface area contributed by atoms with Gasteiger partial charge in [0.15, 0.2) is 0 Å². The van der Waals surface area contributed by atoms with Gasteiger partial charge in [-0.15, -0.1) is 0 Å². The van der Waals surface area contributed by atoms with Crippen LogP contribution in [0.15, 0.2) is 23.1 Å². The first-order valence-corrected chi connectivity index (χ1v) is 8.78. The van der Waals surface area contributed by atoms with Crippen molar-refractivity contribution < 1.29 is 12.8 Å². The lowest BCUT2D eigenvalue weighted by Crippen LogP contribution is -2.42. The summed E-state index contributed by atoms with van der Waals surface area (Å²) in [5.74, 6) is -0.432. The fourth-order valence-electron chi connectivity index (χ4n) is 3.05. The van der Waals surface area contributed by atoms with Gasteiger partial charge >= 0.3 is 0 Å². The Hall–Kier alpha value is -0.980. The number of halogens is 1. The highest BCUT2D eigenvalue weighted by Crippen LogP contribution is 2.31. The van der Waals surface area contributed by atoms with Crippen LogP contribution in [0.3, 0.4) is 0 Å². The van der Waals surface area contributed by atoms with Gasteiger partial charge in [-0.1, -0.05) is 25.8 Å². The molecule has 1 saturated carbocycles. The highest BCUT2D eigenvalue weighted by molar-refractivity contribution is 7.89. The molecule has 118 valence electrons. The molecule has 2 unspecified atom stereocenters. The van der Waals surface area contributed by atoms with E-state index in [1.807, 2.05) is 0 Å². The van der Waals surface area contributed by atoms with E-state index >= 15 is 0 Å². The number of benzene rings is 1. The Balaban J connectivity index is 2.32. The fourth-order valence-corrected chi connectivity index (χ4v) is 4.58. The van der Waals surface area contributed by atoms with Gasteiger partial charge in [0.05, 0.1) is 0 Å². The van der Waals surface area contributed by atoms with Crippen molar-refractivity contribution in [1.82, 2.24) is 4.31 Å². The Labute approximate surface area is 126 Å². The van der Waals surface area contributed by atoms with Crippen LogP contribution in [0.1, 0.15) is 38.2 Å². The molecule has 0 aromatic heterocycles. The van der Waals surface area contributed by atoms with Gasteiger partial charge in [0, 0.05) is 19.6 Å². The van der Waals surface area contributed by atoms with Crippen LogP contribution < -0.4 is 5.73 Å². The Morgan fingerprint density at radius 1 is 1.33 bits per heavy atom. The zero-order valence-corrected chi connectivity index (χ0v) is 13.4. The number of sulfonamides is 1. The van der Waals surface area contributed by atoms with E-state index in [2.05, 4.69) is 6.92 Å². The van der Waals surface area contributed by atoms with Crippen molar-refractivity contribution in [3.63, 3.8) is 0 Å². The van der Waals surface area contributed by atoms with Gasteiger partial charge < -0.3 is 5.73 Å². The average molecular weight is 314 g/mol. The fraction of sp³-hybridized carbons (Fsp3) is 0.600. The first-order chi connectivity index (χ1) is 9.87. The number of rotatable bonds is 4. The second-order valence-corrected chi connectivity index (χ2v) is 7.79. The second-order valence-electron chi connectivity index (χ2n) is 5.82. The summed E-state index contributed by atoms with van der Waals surface area (Å²) >= 11 is 0. The first kappa shape index (κ1) is 16.4. The maximum absolute atomic E-state index is 14.1. The number of hydrogen-bond donors (Lipinski definition) is 1. The first-order valence-electron chi connectivity index (χ1n) is 7.34. The highest BCUT2D eigenvalue weighted by atomic mass is 32.2. The molecule has 21 heavy (non-hydrogen) atoms. The Morgan fingerprint density at radius 2 is 2.00 bits per heavy atom. The summed E-state index contributed by atoms with van der Waals surface area (Å²) < 4.78 is 40.7. The van der Waals surface area contributed by atoms with E-state index in [-0.39, 0.29) is 17.5 Å². The number of hydrogen-bond acceptors (Lipinski definition) is 3. The van der Waals surface area contributed by atoms with Crippen molar-refractivity contribution in [2.75, 3.05) is 7.05 Å². The molecule has 0 amide bonds. The van der Waals surface area contributed by atoms with Crippen LogP contribution in [-0.2, 0) is 16.6 Å². The molecule has 2 N–H and O–H groups in total. The molecule has 6 heteroatoms. The summed E-state index contributed by atoms with van der Waals surface area (Å²) in [7, 11) is -2.26. The third-order valence-corrected chi connectivity index (χ3v) is 6.34. The number of nitrogens with two attached hydrogens (primary N) is 1. The predicted octanol–water partition coefficient (Wildman–Crippen LogP) is 2.48. The van der Waals surface area contributed by atoms with Gasteiger partial charge in [0.2, 0.25) is 10.0 Å². The predicted molar refractivity (Wildman–Crippen MR) is 80.7 cm³/mol. The Morgan fingerprint density at radius 3 is 2.57 bits per heavy atom. The van der Waals surface area contributed by atoms with E-state index < -0.39 is 15.8 Å². The maximum atomic E-state index is 14.1. The minimum Gasteiger partial charge on any atom is -0.326 e. The summed E-state index contributed by atoms with van der Waals surface area (Å²) in [5.41, 5.74) is 6.03. The van der Waals surface area contributed by atoms with Gasteiger partial charge in [0.1, 0.15) is 10.7 Å². The molecule has 0 saturated heterocycles. The van der Waals surface area contributed by atoms with Gasteiger partial charge in [-0.25, -0.2) is 12.8 Å². The molecule has 1 aromatic carbocycles. The van der Waals surface area contributed by atoms with Crippen LogP contribution >= 0.6 is 0 Å². The standard InChI is InChI=1S/C15H23FN2O2S/c1-11-5-3-4-6-14(11)18(2)21(19,20)15-8-7-12(10-17)9-13(15)16/h7-9,11,14H,3-6,10,17H2,1-2H3. The van der Waals surface area contributed by atoms with Crippen LogP contribution in [-0.4, -0.2) is 25.8 Å². The minimum absolute atomic E-state index is 0.0580. The SMILES string of the molecule is CC1CCCCC1N(C)S(=O)(=O)c1ccc(CN)cc1F. The molecule has 1 aliphatic carbocycles. The van der Waals surface area contributed by atoms with E-state index in [9.17, 15) is 12.8 Å². The molecule has 2 rings (SSSR count). The smallest absolute Gasteiger partial charge is 0.245 e. The van der Waals surface area contributed by atoms with E-state index in [1.54, 1.807) is 13.1 Å². The molecule has 0 bridgehead atoms. The van der Waals surface area contributed by atoms with Gasteiger partial charge in [-0.2, -0.15) is 4.31 Å². The summed E-state index contributed by atoms with van der Waals surface area (Å²) in [6.45, 7) is 2.25. The van der Waals surface area contributed by atoms with Crippen LogP contribution in [0.5, 0.6) is 0 Å². The van der Waals surface area contributed by atoms with E-state index in [0.717, 1.165) is 25.7 Å². The van der Waals surface area contributed by atoms with Crippen molar-refractivity contribution in [2.45, 2.75) is 50.1 Å². The van der Waals surface area contributed by atoms with Crippen molar-refractivity contribution in [3.05, 3.63) is 29.6 Å². The summed E-state index contributed by atoms with van der Waals surface area (Å²) in [5, 5.41) is 0. The molecular formula is C15H23FN2O2S. The monoisotopic (exact) mass is 314 g/mol. The topological polar surface area (TPSA) is 63.4 Å². The molecular weight excluding hydrogens is 291 g/mol. The van der Waals surface area contributed by atoms with Gasteiger partial charge in [-0.3, -0.25) is 0 Å². The van der Waals surface area contributed by atoms with Crippen LogP contribution in [0, 0.1) is 11.7 Å². The zero-order chi connectivity index (χ0) is 15.6. The highest BCUT2D eigenvalue weighted by Gasteiger charge is 2.34. The molecule has 0 radical (unpaired) electrons. The molecule has 0 aliphatic heterocycles. The molecule has 1 aromatic rings. The van der Waals surface area contributed by atoms with Crippen LogP contribution in [0.25, 0.3) is 0 Å². The summed E-state index contributed by atoms with van der Waals surface area (Å²) in [6, 6.07) is 4.02. The third kappa shape index (κ3) is 3.27. The normalized spacial score (nSPS) is 23.5. The minimum atomic E-state index is -3.81. The van der Waals surface area contributed by atoms with Crippen LogP contribution in [0.4, 0.5) is 4.39 Å². The molecule has 4 nitrogen and oxygen atoms in total. The summed E-state index contributed by atoms with van der Waals surface area (Å²) in [4.78, 5) is -0.264. The quantitative estimate of drug-likeness (QED) is 0.928. The third-order valence-electron chi connectivity index (χ3n) is 4.42.